The molecule has 2 N–H and O–H groups in total. The summed E-state index contributed by atoms with van der Waals surface area (Å²) in [5.41, 5.74) is 2.12. The van der Waals surface area contributed by atoms with Gasteiger partial charge in [-0.25, -0.2) is 0 Å². The van der Waals surface area contributed by atoms with E-state index in [-0.39, 0.29) is 12.1 Å². The molecule has 4 nitrogen and oxygen atoms in total. The summed E-state index contributed by atoms with van der Waals surface area (Å²) in [7, 11) is 0. The van der Waals surface area contributed by atoms with Crippen molar-refractivity contribution in [2.45, 2.75) is 64.4 Å². The predicted molar refractivity (Wildman–Crippen MR) is 107 cm³/mol. The molecule has 7 heteroatoms. The Morgan fingerprint density at radius 2 is 1.96 bits per heavy atom. The van der Waals surface area contributed by atoms with Crippen LogP contribution in [-0.4, -0.2) is 52.5 Å². The molecule has 2 heterocycles. The van der Waals surface area contributed by atoms with Gasteiger partial charge in [-0.05, 0) is 44.4 Å². The van der Waals surface area contributed by atoms with Crippen LogP contribution in [-0.2, 0) is 6.54 Å². The normalized spacial score (nSPS) is 17.9. The van der Waals surface area contributed by atoms with Crippen molar-refractivity contribution in [1.82, 2.24) is 9.47 Å². The van der Waals surface area contributed by atoms with Gasteiger partial charge in [0.25, 0.3) is 0 Å². The number of piperidine rings is 1. The molecule has 1 saturated heterocycles. The number of likely N-dealkylation sites (tertiary alicyclic amines) is 1. The van der Waals surface area contributed by atoms with E-state index in [0.29, 0.717) is 11.2 Å². The largest absolute Gasteiger partial charge is 0.406 e. The molecule has 0 saturated carbocycles. The van der Waals surface area contributed by atoms with Gasteiger partial charge in [-0.1, -0.05) is 19.4 Å². The number of aryl methyl sites for hydroxylation is 1. The van der Waals surface area contributed by atoms with Gasteiger partial charge in [-0.3, -0.25) is 0 Å². The standard InChI is InChI=1S/C21H30F3N3O/c1-3-5-17(28)13-26-10-8-16(9-11-26)25-19-6-4-7-20-18(19)12-15(2)27(20)14-21(22,23)24/h4,6-7,12,16-17,25,28H,3,5,8-11,13-14H2,1-2H3. The van der Waals surface area contributed by atoms with Crippen LogP contribution in [0.15, 0.2) is 24.3 Å². The Labute approximate surface area is 164 Å². The number of benzene rings is 1. The number of rotatable bonds is 7. The zero-order valence-electron chi connectivity index (χ0n) is 16.6. The Morgan fingerprint density at radius 1 is 1.25 bits per heavy atom. The summed E-state index contributed by atoms with van der Waals surface area (Å²) in [6, 6.07) is 7.62. The molecule has 0 amide bonds. The van der Waals surface area contributed by atoms with Gasteiger partial charge in [-0.15, -0.1) is 0 Å². The van der Waals surface area contributed by atoms with Crippen molar-refractivity contribution >= 4 is 16.6 Å². The van der Waals surface area contributed by atoms with Crippen LogP contribution in [0.5, 0.6) is 0 Å². The monoisotopic (exact) mass is 397 g/mol. The maximum Gasteiger partial charge on any atom is 0.406 e. The molecular formula is C21H30F3N3O. The number of β-amino-alcohol motifs (C(OH)–C–C–N with tert-alkyl or cyclic N) is 1. The first-order valence-corrected chi connectivity index (χ1v) is 10.1. The second-order valence-corrected chi connectivity index (χ2v) is 7.89. The van der Waals surface area contributed by atoms with Crippen molar-refractivity contribution in [1.29, 1.82) is 0 Å². The third-order valence-electron chi connectivity index (χ3n) is 5.53. The van der Waals surface area contributed by atoms with Gasteiger partial charge < -0.3 is 19.9 Å². The fourth-order valence-electron chi connectivity index (χ4n) is 4.13. The lowest BCUT2D eigenvalue weighted by molar-refractivity contribution is -0.140. The van der Waals surface area contributed by atoms with Gasteiger partial charge in [0.05, 0.1) is 11.6 Å². The van der Waals surface area contributed by atoms with Gasteiger partial charge in [0.15, 0.2) is 0 Å². The van der Waals surface area contributed by atoms with Crippen LogP contribution in [0.25, 0.3) is 10.9 Å². The minimum Gasteiger partial charge on any atom is -0.392 e. The van der Waals surface area contributed by atoms with E-state index in [0.717, 1.165) is 56.4 Å². The molecule has 156 valence electrons. The summed E-state index contributed by atoms with van der Waals surface area (Å²) in [5.74, 6) is 0. The number of anilines is 1. The third-order valence-corrected chi connectivity index (χ3v) is 5.53. The summed E-state index contributed by atoms with van der Waals surface area (Å²) in [4.78, 5) is 2.29. The second kappa shape index (κ2) is 8.74. The average Bonchev–Trinajstić information content (AvgIpc) is 2.92. The Bertz CT molecular complexity index is 779. The van der Waals surface area contributed by atoms with Crippen LogP contribution < -0.4 is 5.32 Å². The first-order chi connectivity index (χ1) is 13.3. The number of nitrogens with one attached hydrogen (secondary N) is 1. The van der Waals surface area contributed by atoms with Crippen LogP contribution in [0.2, 0.25) is 0 Å². The van der Waals surface area contributed by atoms with Crippen LogP contribution in [0.4, 0.5) is 18.9 Å². The van der Waals surface area contributed by atoms with Crippen LogP contribution in [0.3, 0.4) is 0 Å². The summed E-state index contributed by atoms with van der Waals surface area (Å²) in [5, 5.41) is 14.4. The first-order valence-electron chi connectivity index (χ1n) is 10.1. The van der Waals surface area contributed by atoms with Crippen LogP contribution >= 0.6 is 0 Å². The van der Waals surface area contributed by atoms with E-state index >= 15 is 0 Å². The Hall–Kier alpha value is -1.73. The Morgan fingerprint density at radius 3 is 2.61 bits per heavy atom. The fraction of sp³-hybridized carbons (Fsp3) is 0.619. The fourth-order valence-corrected chi connectivity index (χ4v) is 4.13. The molecule has 1 aliphatic rings. The van der Waals surface area contributed by atoms with Crippen molar-refractivity contribution in [3.05, 3.63) is 30.0 Å². The number of nitrogens with zero attached hydrogens (tertiary/aromatic N) is 2. The van der Waals surface area contributed by atoms with Crippen molar-refractivity contribution in [3.63, 3.8) is 0 Å². The molecule has 0 spiro atoms. The van der Waals surface area contributed by atoms with Crippen molar-refractivity contribution in [3.8, 4) is 0 Å². The Balaban J connectivity index is 1.66. The van der Waals surface area contributed by atoms with E-state index in [1.165, 1.54) is 4.57 Å². The molecule has 0 bridgehead atoms. The van der Waals surface area contributed by atoms with Gasteiger partial charge in [0.2, 0.25) is 0 Å². The molecule has 1 aromatic carbocycles. The number of hydrogen-bond donors (Lipinski definition) is 2. The van der Waals surface area contributed by atoms with Gasteiger partial charge in [-0.2, -0.15) is 13.2 Å². The third kappa shape index (κ3) is 5.20. The van der Waals surface area contributed by atoms with Gasteiger partial charge >= 0.3 is 6.18 Å². The summed E-state index contributed by atoms with van der Waals surface area (Å²) >= 11 is 0. The summed E-state index contributed by atoms with van der Waals surface area (Å²) < 4.78 is 40.1. The first kappa shape index (κ1) is 21.0. The zero-order chi connectivity index (χ0) is 20.3. The lowest BCUT2D eigenvalue weighted by atomic mass is 10.0. The molecule has 1 aromatic heterocycles. The van der Waals surface area contributed by atoms with E-state index in [2.05, 4.69) is 17.1 Å². The van der Waals surface area contributed by atoms with Gasteiger partial charge in [0.1, 0.15) is 6.54 Å². The lowest BCUT2D eigenvalue weighted by Gasteiger charge is -2.34. The van der Waals surface area contributed by atoms with Crippen molar-refractivity contribution < 1.29 is 18.3 Å². The number of aliphatic hydroxyl groups excluding tert-OH is 1. The van der Waals surface area contributed by atoms with E-state index in [1.54, 1.807) is 13.0 Å². The van der Waals surface area contributed by atoms with E-state index in [1.807, 2.05) is 18.2 Å². The molecule has 2 aromatic rings. The molecule has 1 fully saturated rings. The second-order valence-electron chi connectivity index (χ2n) is 7.89. The highest BCUT2D eigenvalue weighted by atomic mass is 19.4. The molecule has 1 atom stereocenters. The Kier molecular flexibility index (Phi) is 6.55. The average molecular weight is 397 g/mol. The van der Waals surface area contributed by atoms with Gasteiger partial charge in [0, 0.05) is 42.4 Å². The summed E-state index contributed by atoms with van der Waals surface area (Å²) in [6.45, 7) is 5.38. The smallest absolute Gasteiger partial charge is 0.392 e. The van der Waals surface area contributed by atoms with Crippen LogP contribution in [0, 0.1) is 6.92 Å². The maximum absolute atomic E-state index is 12.9. The molecule has 3 rings (SSSR count). The molecule has 1 aliphatic heterocycles. The lowest BCUT2D eigenvalue weighted by Crippen LogP contribution is -2.42. The number of aromatic nitrogens is 1. The molecule has 0 radical (unpaired) electrons. The quantitative estimate of drug-likeness (QED) is 0.720. The highest BCUT2D eigenvalue weighted by Gasteiger charge is 2.29. The number of aliphatic hydroxyl groups is 1. The van der Waals surface area contributed by atoms with Crippen molar-refractivity contribution in [2.24, 2.45) is 0 Å². The van der Waals surface area contributed by atoms with E-state index < -0.39 is 12.7 Å². The maximum atomic E-state index is 12.9. The zero-order valence-corrected chi connectivity index (χ0v) is 16.6. The highest BCUT2D eigenvalue weighted by molar-refractivity contribution is 5.93. The topological polar surface area (TPSA) is 40.4 Å². The van der Waals surface area contributed by atoms with E-state index in [4.69, 9.17) is 0 Å². The predicted octanol–water partition coefficient (Wildman–Crippen LogP) is 4.55. The minimum atomic E-state index is -4.24. The minimum absolute atomic E-state index is 0.264. The number of alkyl halides is 3. The summed E-state index contributed by atoms with van der Waals surface area (Å²) in [6.07, 6.45) is -0.783. The van der Waals surface area contributed by atoms with Crippen LogP contribution in [0.1, 0.15) is 38.3 Å². The number of fused-ring (bicyclic) bond motifs is 1. The highest BCUT2D eigenvalue weighted by Crippen LogP contribution is 2.31. The SMILES string of the molecule is CCCC(O)CN1CCC(Nc2cccc3c2cc(C)n3CC(F)(F)F)CC1. The molecule has 0 aliphatic carbocycles. The number of hydrogen-bond acceptors (Lipinski definition) is 3. The molecular weight excluding hydrogens is 367 g/mol. The van der Waals surface area contributed by atoms with Crippen molar-refractivity contribution in [2.75, 3.05) is 25.0 Å². The number of halogens is 3. The van der Waals surface area contributed by atoms with E-state index in [9.17, 15) is 18.3 Å². The molecule has 28 heavy (non-hydrogen) atoms. The molecule has 1 unspecified atom stereocenters.